The van der Waals surface area contributed by atoms with Crippen molar-refractivity contribution in [2.45, 2.75) is 19.0 Å². The van der Waals surface area contributed by atoms with Crippen LogP contribution in [0.5, 0.6) is 0 Å². The van der Waals surface area contributed by atoms with Gasteiger partial charge in [0.2, 0.25) is 0 Å². The number of sulfone groups is 1. The van der Waals surface area contributed by atoms with Crippen molar-refractivity contribution in [1.82, 2.24) is 5.32 Å². The van der Waals surface area contributed by atoms with Crippen molar-refractivity contribution in [2.24, 2.45) is 0 Å². The average Bonchev–Trinajstić information content (AvgIpc) is 2.58. The summed E-state index contributed by atoms with van der Waals surface area (Å²) in [5.41, 5.74) is 7.45. The highest BCUT2D eigenvalue weighted by Crippen LogP contribution is 2.12. The zero-order valence-electron chi connectivity index (χ0n) is 9.02. The van der Waals surface area contributed by atoms with E-state index in [0.29, 0.717) is 12.3 Å². The van der Waals surface area contributed by atoms with Gasteiger partial charge in [0.1, 0.15) is 0 Å². The van der Waals surface area contributed by atoms with Crippen LogP contribution in [0.4, 0.5) is 5.69 Å². The molecule has 1 aliphatic rings. The van der Waals surface area contributed by atoms with E-state index in [-0.39, 0.29) is 11.8 Å². The maximum Gasteiger partial charge on any atom is 0.151 e. The first-order chi connectivity index (χ1) is 7.55. The van der Waals surface area contributed by atoms with Gasteiger partial charge in [0.15, 0.2) is 9.84 Å². The summed E-state index contributed by atoms with van der Waals surface area (Å²) in [4.78, 5) is 0. The Morgan fingerprint density at radius 1 is 1.31 bits per heavy atom. The summed E-state index contributed by atoms with van der Waals surface area (Å²) < 4.78 is 22.5. The highest BCUT2D eigenvalue weighted by molar-refractivity contribution is 7.91. The van der Waals surface area contributed by atoms with E-state index in [2.05, 4.69) is 5.32 Å². The zero-order valence-corrected chi connectivity index (χ0v) is 9.83. The van der Waals surface area contributed by atoms with E-state index < -0.39 is 9.84 Å². The van der Waals surface area contributed by atoms with Gasteiger partial charge >= 0.3 is 0 Å². The van der Waals surface area contributed by atoms with Crippen molar-refractivity contribution in [3.8, 4) is 0 Å². The molecule has 1 aromatic rings. The summed E-state index contributed by atoms with van der Waals surface area (Å²) in [6, 6.07) is 7.70. The fourth-order valence-corrected chi connectivity index (χ4v) is 3.56. The Labute approximate surface area is 95.8 Å². The molecule has 0 bridgehead atoms. The molecule has 0 aromatic heterocycles. The molecule has 16 heavy (non-hydrogen) atoms. The lowest BCUT2D eigenvalue weighted by Crippen LogP contribution is -2.29. The molecule has 3 N–H and O–H groups in total. The monoisotopic (exact) mass is 240 g/mol. The van der Waals surface area contributed by atoms with Crippen molar-refractivity contribution in [3.05, 3.63) is 29.8 Å². The normalized spacial score (nSPS) is 23.4. The Balaban J connectivity index is 1.87. The van der Waals surface area contributed by atoms with Crippen LogP contribution in [0.1, 0.15) is 12.0 Å². The van der Waals surface area contributed by atoms with E-state index in [1.807, 2.05) is 24.3 Å². The molecule has 0 saturated carbocycles. The van der Waals surface area contributed by atoms with Gasteiger partial charge in [0, 0.05) is 18.3 Å². The molecule has 0 spiro atoms. The van der Waals surface area contributed by atoms with Gasteiger partial charge in [0.05, 0.1) is 11.5 Å². The van der Waals surface area contributed by atoms with E-state index in [0.717, 1.165) is 17.7 Å². The SMILES string of the molecule is Nc1ccc(CN[C@@H]2CCS(=O)(=O)C2)cc1. The van der Waals surface area contributed by atoms with Crippen LogP contribution in [0.3, 0.4) is 0 Å². The maximum absolute atomic E-state index is 11.2. The molecule has 5 heteroatoms. The third-order valence-corrected chi connectivity index (χ3v) is 4.57. The number of anilines is 1. The second kappa shape index (κ2) is 4.43. The van der Waals surface area contributed by atoms with Gasteiger partial charge in [0.25, 0.3) is 0 Å². The Kier molecular flexibility index (Phi) is 3.16. The molecule has 88 valence electrons. The number of nitrogens with two attached hydrogens (primary N) is 1. The molecule has 4 nitrogen and oxygen atoms in total. The van der Waals surface area contributed by atoms with Gasteiger partial charge in [-0.2, -0.15) is 0 Å². The summed E-state index contributed by atoms with van der Waals surface area (Å²) in [5.74, 6) is 0.578. The number of nitrogens with one attached hydrogen (secondary N) is 1. The van der Waals surface area contributed by atoms with Gasteiger partial charge in [-0.15, -0.1) is 0 Å². The highest BCUT2D eigenvalue weighted by atomic mass is 32.2. The smallest absolute Gasteiger partial charge is 0.151 e. The number of hydrogen-bond acceptors (Lipinski definition) is 4. The summed E-state index contributed by atoms with van der Waals surface area (Å²) in [7, 11) is -2.79. The van der Waals surface area contributed by atoms with Crippen molar-refractivity contribution in [1.29, 1.82) is 0 Å². The van der Waals surface area contributed by atoms with Crippen molar-refractivity contribution >= 4 is 15.5 Å². The highest BCUT2D eigenvalue weighted by Gasteiger charge is 2.27. The molecule has 1 aromatic carbocycles. The minimum Gasteiger partial charge on any atom is -0.399 e. The number of rotatable bonds is 3. The van der Waals surface area contributed by atoms with Gasteiger partial charge in [-0.3, -0.25) is 0 Å². The Morgan fingerprint density at radius 2 is 2.00 bits per heavy atom. The largest absolute Gasteiger partial charge is 0.399 e. The first kappa shape index (κ1) is 11.4. The van der Waals surface area contributed by atoms with Crippen LogP contribution in [0.15, 0.2) is 24.3 Å². The van der Waals surface area contributed by atoms with E-state index in [1.165, 1.54) is 0 Å². The maximum atomic E-state index is 11.2. The van der Waals surface area contributed by atoms with Crippen LogP contribution < -0.4 is 11.1 Å². The van der Waals surface area contributed by atoms with Crippen LogP contribution in [0, 0.1) is 0 Å². The molecule has 1 saturated heterocycles. The molecule has 1 heterocycles. The van der Waals surface area contributed by atoms with E-state index in [4.69, 9.17) is 5.73 Å². The second-order valence-electron chi connectivity index (χ2n) is 4.22. The molecule has 1 fully saturated rings. The Hall–Kier alpha value is -1.07. The number of benzene rings is 1. The summed E-state index contributed by atoms with van der Waals surface area (Å²) >= 11 is 0. The number of hydrogen-bond donors (Lipinski definition) is 2. The lowest BCUT2D eigenvalue weighted by atomic mass is 10.2. The fraction of sp³-hybridized carbons (Fsp3) is 0.455. The fourth-order valence-electron chi connectivity index (χ4n) is 1.85. The molecule has 1 atom stereocenters. The molecule has 0 aliphatic carbocycles. The second-order valence-corrected chi connectivity index (χ2v) is 6.45. The molecule has 0 amide bonds. The lowest BCUT2D eigenvalue weighted by Gasteiger charge is -2.10. The zero-order chi connectivity index (χ0) is 11.6. The van der Waals surface area contributed by atoms with Crippen LogP contribution in [0.25, 0.3) is 0 Å². The summed E-state index contributed by atoms with van der Waals surface area (Å²) in [6.07, 6.45) is 0.720. The molecule has 2 rings (SSSR count). The molecular formula is C11H16N2O2S. The standard InChI is InChI=1S/C11H16N2O2S/c12-10-3-1-9(2-4-10)7-13-11-5-6-16(14,15)8-11/h1-4,11,13H,5-8,12H2/t11-/m1/s1. The third kappa shape index (κ3) is 2.96. The quantitative estimate of drug-likeness (QED) is 0.757. The number of nitrogen functional groups attached to an aromatic ring is 1. The first-order valence-corrected chi connectivity index (χ1v) is 7.15. The van der Waals surface area contributed by atoms with Crippen LogP contribution in [0.2, 0.25) is 0 Å². The minimum absolute atomic E-state index is 0.0996. The average molecular weight is 240 g/mol. The van der Waals surface area contributed by atoms with E-state index in [1.54, 1.807) is 0 Å². The molecule has 0 unspecified atom stereocenters. The summed E-state index contributed by atoms with van der Waals surface area (Å²) in [5, 5.41) is 3.25. The third-order valence-electron chi connectivity index (χ3n) is 2.81. The topological polar surface area (TPSA) is 72.2 Å². The van der Waals surface area contributed by atoms with Gasteiger partial charge in [-0.05, 0) is 24.1 Å². The van der Waals surface area contributed by atoms with Crippen molar-refractivity contribution in [2.75, 3.05) is 17.2 Å². The predicted molar refractivity (Wildman–Crippen MR) is 64.8 cm³/mol. The van der Waals surface area contributed by atoms with E-state index >= 15 is 0 Å². The Morgan fingerprint density at radius 3 is 2.56 bits per heavy atom. The predicted octanol–water partition coefficient (Wildman–Crippen LogP) is 0.545. The van der Waals surface area contributed by atoms with Gasteiger partial charge in [-0.25, -0.2) is 8.42 Å². The first-order valence-electron chi connectivity index (χ1n) is 5.33. The van der Waals surface area contributed by atoms with Gasteiger partial charge < -0.3 is 11.1 Å². The molecule has 1 aliphatic heterocycles. The molecule has 0 radical (unpaired) electrons. The Bertz CT molecular complexity index is 453. The van der Waals surface area contributed by atoms with Crippen LogP contribution >= 0.6 is 0 Å². The van der Waals surface area contributed by atoms with Crippen molar-refractivity contribution in [3.63, 3.8) is 0 Å². The van der Waals surface area contributed by atoms with Crippen LogP contribution in [-0.2, 0) is 16.4 Å². The van der Waals surface area contributed by atoms with E-state index in [9.17, 15) is 8.42 Å². The lowest BCUT2D eigenvalue weighted by molar-refractivity contribution is 0.554. The van der Waals surface area contributed by atoms with Gasteiger partial charge in [-0.1, -0.05) is 12.1 Å². The minimum atomic E-state index is -2.79. The molecular weight excluding hydrogens is 224 g/mol. The van der Waals surface area contributed by atoms with Crippen molar-refractivity contribution < 1.29 is 8.42 Å². The summed E-state index contributed by atoms with van der Waals surface area (Å²) in [6.45, 7) is 0.695. The van der Waals surface area contributed by atoms with Crippen LogP contribution in [-0.4, -0.2) is 26.0 Å².